The Balaban J connectivity index is 2.66. The maximum absolute atomic E-state index is 12.9. The molecule has 1 aromatic carbocycles. The van der Waals surface area contributed by atoms with Gasteiger partial charge in [0.15, 0.2) is 5.78 Å². The lowest BCUT2D eigenvalue weighted by molar-refractivity contribution is -0.183. The highest BCUT2D eigenvalue weighted by Gasteiger charge is 2.57. The van der Waals surface area contributed by atoms with Crippen molar-refractivity contribution in [3.05, 3.63) is 34.3 Å². The van der Waals surface area contributed by atoms with Crippen LogP contribution in [-0.4, -0.2) is 12.0 Å². The van der Waals surface area contributed by atoms with Crippen LogP contribution in [0.5, 0.6) is 0 Å². The van der Waals surface area contributed by atoms with Crippen molar-refractivity contribution in [2.45, 2.75) is 24.9 Å². The Morgan fingerprint density at radius 2 is 2.00 bits per heavy atom. The molecular formula is C11H8ClF3O. The van der Waals surface area contributed by atoms with Gasteiger partial charge in [-0.3, -0.25) is 4.79 Å². The van der Waals surface area contributed by atoms with Gasteiger partial charge in [-0.2, -0.15) is 13.2 Å². The van der Waals surface area contributed by atoms with Crippen molar-refractivity contribution in [3.63, 3.8) is 0 Å². The van der Waals surface area contributed by atoms with Crippen LogP contribution in [-0.2, 0) is 5.41 Å². The number of hydrogen-bond donors (Lipinski definition) is 0. The minimum absolute atomic E-state index is 0.0162. The van der Waals surface area contributed by atoms with E-state index >= 15 is 0 Å². The third-order valence-corrected chi connectivity index (χ3v) is 3.25. The van der Waals surface area contributed by atoms with Gasteiger partial charge in [-0.25, -0.2) is 0 Å². The number of fused-ring (bicyclic) bond motifs is 1. The number of benzene rings is 1. The average Bonchev–Trinajstić information content (AvgIpc) is 2.39. The topological polar surface area (TPSA) is 17.1 Å². The molecule has 0 heterocycles. The lowest BCUT2D eigenvalue weighted by Gasteiger charge is -2.27. The molecule has 0 saturated carbocycles. The molecule has 1 nitrogen and oxygen atoms in total. The van der Waals surface area contributed by atoms with Gasteiger partial charge in [0, 0.05) is 17.0 Å². The highest BCUT2D eigenvalue weighted by molar-refractivity contribution is 6.30. The number of carbonyl (C=O) groups is 1. The average molecular weight is 249 g/mol. The van der Waals surface area contributed by atoms with E-state index in [9.17, 15) is 18.0 Å². The van der Waals surface area contributed by atoms with Crippen molar-refractivity contribution in [2.75, 3.05) is 0 Å². The van der Waals surface area contributed by atoms with E-state index in [1.807, 2.05) is 0 Å². The summed E-state index contributed by atoms with van der Waals surface area (Å²) in [4.78, 5) is 11.5. The third-order valence-electron chi connectivity index (χ3n) is 3.02. The van der Waals surface area contributed by atoms with E-state index < -0.39 is 23.8 Å². The van der Waals surface area contributed by atoms with E-state index in [2.05, 4.69) is 0 Å². The molecule has 1 aromatic rings. The summed E-state index contributed by atoms with van der Waals surface area (Å²) in [6.07, 6.45) is -4.98. The molecule has 1 atom stereocenters. The first-order valence-corrected chi connectivity index (χ1v) is 5.03. The molecule has 0 saturated heterocycles. The van der Waals surface area contributed by atoms with Gasteiger partial charge < -0.3 is 0 Å². The van der Waals surface area contributed by atoms with Gasteiger partial charge in [0.25, 0.3) is 0 Å². The molecule has 0 aliphatic heterocycles. The molecule has 0 aromatic heterocycles. The Labute approximate surface area is 95.2 Å². The van der Waals surface area contributed by atoms with Gasteiger partial charge in [-0.1, -0.05) is 11.6 Å². The molecule has 86 valence electrons. The Morgan fingerprint density at radius 3 is 2.56 bits per heavy atom. The molecule has 1 aliphatic rings. The third kappa shape index (κ3) is 1.44. The molecule has 1 aliphatic carbocycles. The van der Waals surface area contributed by atoms with Crippen molar-refractivity contribution < 1.29 is 18.0 Å². The van der Waals surface area contributed by atoms with Crippen LogP contribution >= 0.6 is 11.6 Å². The van der Waals surface area contributed by atoms with Gasteiger partial charge in [-0.05, 0) is 30.7 Å². The number of ketones is 1. The van der Waals surface area contributed by atoms with E-state index in [0.29, 0.717) is 0 Å². The summed E-state index contributed by atoms with van der Waals surface area (Å²) in [6, 6.07) is 4.02. The summed E-state index contributed by atoms with van der Waals surface area (Å²) in [7, 11) is 0. The largest absolute Gasteiger partial charge is 0.398 e. The number of carbonyl (C=O) groups excluding carboxylic acids is 1. The molecule has 16 heavy (non-hydrogen) atoms. The Morgan fingerprint density at radius 1 is 1.38 bits per heavy atom. The first kappa shape index (κ1) is 11.5. The quantitative estimate of drug-likeness (QED) is 0.683. The molecule has 0 spiro atoms. The smallest absolute Gasteiger partial charge is 0.294 e. The predicted octanol–water partition coefficient (Wildman–Crippen LogP) is 3.75. The summed E-state index contributed by atoms with van der Waals surface area (Å²) in [5, 5.41) is 0.212. The second-order valence-corrected chi connectivity index (χ2v) is 4.56. The van der Waals surface area contributed by atoms with Gasteiger partial charge in [-0.15, -0.1) is 0 Å². The Kier molecular flexibility index (Phi) is 2.31. The highest BCUT2D eigenvalue weighted by atomic mass is 35.5. The SMILES string of the molecule is CC1(C(F)(F)F)CC(=O)c2ccc(Cl)cc21. The first-order valence-electron chi connectivity index (χ1n) is 4.66. The van der Waals surface area contributed by atoms with E-state index in [0.717, 1.165) is 6.92 Å². The van der Waals surface area contributed by atoms with Crippen LogP contribution in [0.2, 0.25) is 5.02 Å². The lowest BCUT2D eigenvalue weighted by atomic mass is 9.83. The van der Waals surface area contributed by atoms with Crippen molar-refractivity contribution in [3.8, 4) is 0 Å². The number of rotatable bonds is 0. The molecule has 0 bridgehead atoms. The van der Waals surface area contributed by atoms with Crippen molar-refractivity contribution in [2.24, 2.45) is 0 Å². The Bertz CT molecular complexity index is 467. The van der Waals surface area contributed by atoms with E-state index in [-0.39, 0.29) is 16.1 Å². The summed E-state index contributed by atoms with van der Waals surface area (Å²) < 4.78 is 38.8. The lowest BCUT2D eigenvalue weighted by Crippen LogP contribution is -2.37. The molecule has 0 N–H and O–H groups in total. The van der Waals surface area contributed by atoms with Gasteiger partial charge in [0.1, 0.15) is 0 Å². The van der Waals surface area contributed by atoms with Crippen LogP contribution in [0.15, 0.2) is 18.2 Å². The second-order valence-electron chi connectivity index (χ2n) is 4.12. The van der Waals surface area contributed by atoms with Crippen molar-refractivity contribution in [1.82, 2.24) is 0 Å². The Hall–Kier alpha value is -1.03. The first-order chi connectivity index (χ1) is 7.25. The van der Waals surface area contributed by atoms with Crippen LogP contribution in [0.25, 0.3) is 0 Å². The summed E-state index contributed by atoms with van der Waals surface area (Å²) in [5.74, 6) is -0.480. The zero-order valence-corrected chi connectivity index (χ0v) is 9.12. The van der Waals surface area contributed by atoms with Crippen LogP contribution in [0, 0.1) is 0 Å². The fourth-order valence-corrected chi connectivity index (χ4v) is 2.15. The van der Waals surface area contributed by atoms with Crippen molar-refractivity contribution in [1.29, 1.82) is 0 Å². The van der Waals surface area contributed by atoms with Crippen molar-refractivity contribution >= 4 is 17.4 Å². The van der Waals surface area contributed by atoms with Crippen LogP contribution in [0.3, 0.4) is 0 Å². The highest BCUT2D eigenvalue weighted by Crippen LogP contribution is 2.50. The molecule has 0 amide bonds. The van der Waals surface area contributed by atoms with E-state index in [1.54, 1.807) is 0 Å². The molecule has 0 fully saturated rings. The van der Waals surface area contributed by atoms with Gasteiger partial charge in [0.05, 0.1) is 5.41 Å². The zero-order valence-electron chi connectivity index (χ0n) is 8.36. The molecule has 2 rings (SSSR count). The van der Waals surface area contributed by atoms with Crippen LogP contribution in [0.1, 0.15) is 29.3 Å². The van der Waals surface area contributed by atoms with Crippen LogP contribution < -0.4 is 0 Å². The molecule has 1 unspecified atom stereocenters. The molecular weight excluding hydrogens is 241 g/mol. The van der Waals surface area contributed by atoms with Gasteiger partial charge >= 0.3 is 6.18 Å². The second kappa shape index (κ2) is 3.23. The maximum atomic E-state index is 12.9. The maximum Gasteiger partial charge on any atom is 0.398 e. The number of alkyl halides is 3. The minimum Gasteiger partial charge on any atom is -0.294 e. The zero-order chi connectivity index (χ0) is 12.1. The van der Waals surface area contributed by atoms with E-state index in [1.165, 1.54) is 18.2 Å². The number of Topliss-reactive ketones (excluding diaryl/α,β-unsaturated/α-hetero) is 1. The fraction of sp³-hybridized carbons (Fsp3) is 0.364. The minimum atomic E-state index is -4.45. The predicted molar refractivity (Wildman–Crippen MR) is 53.8 cm³/mol. The van der Waals surface area contributed by atoms with E-state index in [4.69, 9.17) is 11.6 Å². The monoisotopic (exact) mass is 248 g/mol. The van der Waals surface area contributed by atoms with Gasteiger partial charge in [0.2, 0.25) is 0 Å². The normalized spacial score (nSPS) is 24.7. The summed E-state index contributed by atoms with van der Waals surface area (Å²) >= 11 is 5.67. The molecule has 0 radical (unpaired) electrons. The standard InChI is InChI=1S/C11H8ClF3O/c1-10(11(13,14)15)5-9(16)7-3-2-6(12)4-8(7)10/h2-4H,5H2,1H3. The fourth-order valence-electron chi connectivity index (χ4n) is 1.98. The number of halogens is 4. The van der Waals surface area contributed by atoms with Crippen LogP contribution in [0.4, 0.5) is 13.2 Å². The molecule has 5 heteroatoms. The number of hydrogen-bond acceptors (Lipinski definition) is 1. The summed E-state index contributed by atoms with van der Waals surface area (Å²) in [6.45, 7) is 1.03. The summed E-state index contributed by atoms with van der Waals surface area (Å²) in [5.41, 5.74) is -1.99.